The van der Waals surface area contributed by atoms with Crippen molar-refractivity contribution in [2.24, 2.45) is 0 Å². The molecule has 2 aliphatic heterocycles. The topological polar surface area (TPSA) is 78.1 Å². The molecule has 0 bridgehead atoms. The normalized spacial score (nSPS) is 23.9. The molecule has 0 aliphatic carbocycles. The van der Waals surface area contributed by atoms with Crippen molar-refractivity contribution < 1.29 is 9.59 Å². The fourth-order valence-electron chi connectivity index (χ4n) is 5.06. The Morgan fingerprint density at radius 1 is 1.23 bits per heavy atom. The highest BCUT2D eigenvalue weighted by molar-refractivity contribution is 7.09. The Balaban J connectivity index is 1.31. The first-order valence-electron chi connectivity index (χ1n) is 11.2. The molecule has 2 fully saturated rings. The zero-order valence-electron chi connectivity index (χ0n) is 17.6. The molecule has 5 rings (SSSR count). The number of hydrogen-bond acceptors (Lipinski definition) is 4. The van der Waals surface area contributed by atoms with Crippen molar-refractivity contribution in [1.82, 2.24) is 20.2 Å². The number of piperidine rings is 1. The molecule has 162 valence electrons. The number of imidazole rings is 1. The third-order valence-corrected chi connectivity index (χ3v) is 7.57. The molecule has 1 aromatic carbocycles. The van der Waals surface area contributed by atoms with Crippen molar-refractivity contribution in [2.75, 3.05) is 6.54 Å². The van der Waals surface area contributed by atoms with Crippen molar-refractivity contribution in [3.05, 3.63) is 52.5 Å². The lowest BCUT2D eigenvalue weighted by Gasteiger charge is -2.36. The second kappa shape index (κ2) is 8.46. The fourth-order valence-corrected chi connectivity index (χ4v) is 5.91. The maximum absolute atomic E-state index is 13.4. The van der Waals surface area contributed by atoms with Crippen LogP contribution >= 0.6 is 11.3 Å². The summed E-state index contributed by atoms with van der Waals surface area (Å²) in [6.45, 7) is 0.769. The van der Waals surface area contributed by atoms with Crippen LogP contribution in [-0.2, 0) is 16.0 Å². The average Bonchev–Trinajstić information content (AvgIpc) is 3.53. The largest absolute Gasteiger partial charge is 0.350 e. The molecule has 0 saturated carbocycles. The van der Waals surface area contributed by atoms with Crippen LogP contribution < -0.4 is 5.32 Å². The number of nitrogens with zero attached hydrogens (tertiary/aromatic N) is 2. The number of rotatable bonds is 6. The van der Waals surface area contributed by atoms with E-state index in [9.17, 15) is 9.59 Å². The number of para-hydroxylation sites is 2. The molecule has 2 aromatic heterocycles. The maximum Gasteiger partial charge on any atom is 0.223 e. The minimum atomic E-state index is -0.303. The van der Waals surface area contributed by atoms with Gasteiger partial charge in [0.05, 0.1) is 17.1 Å². The first kappa shape index (κ1) is 20.2. The highest BCUT2D eigenvalue weighted by Crippen LogP contribution is 2.34. The van der Waals surface area contributed by atoms with Gasteiger partial charge >= 0.3 is 0 Å². The van der Waals surface area contributed by atoms with Gasteiger partial charge in [-0.1, -0.05) is 18.2 Å². The monoisotopic (exact) mass is 436 g/mol. The van der Waals surface area contributed by atoms with Crippen LogP contribution in [0.15, 0.2) is 41.8 Å². The first-order chi connectivity index (χ1) is 15.1. The Morgan fingerprint density at radius 3 is 2.90 bits per heavy atom. The van der Waals surface area contributed by atoms with Crippen molar-refractivity contribution >= 4 is 34.2 Å². The summed E-state index contributed by atoms with van der Waals surface area (Å²) >= 11 is 1.71. The maximum atomic E-state index is 13.4. The molecule has 7 heteroatoms. The molecule has 3 aromatic rings. The number of benzene rings is 1. The number of carbonyl (C=O) groups excluding carboxylic acids is 2. The minimum absolute atomic E-state index is 0.0000603. The molecule has 2 amide bonds. The highest BCUT2D eigenvalue weighted by atomic mass is 32.1. The van der Waals surface area contributed by atoms with Gasteiger partial charge in [0.15, 0.2) is 0 Å². The number of carbonyl (C=O) groups is 2. The van der Waals surface area contributed by atoms with Crippen LogP contribution in [0.25, 0.3) is 11.0 Å². The van der Waals surface area contributed by atoms with Crippen LogP contribution in [0.4, 0.5) is 0 Å². The third kappa shape index (κ3) is 4.24. The minimum Gasteiger partial charge on any atom is -0.350 e. The Kier molecular flexibility index (Phi) is 5.52. The van der Waals surface area contributed by atoms with Gasteiger partial charge in [-0.3, -0.25) is 9.59 Å². The summed E-state index contributed by atoms with van der Waals surface area (Å²) in [5.74, 6) is 1.15. The van der Waals surface area contributed by atoms with Crippen molar-refractivity contribution in [3.63, 3.8) is 0 Å². The number of aromatic nitrogens is 2. The number of likely N-dealkylation sites (tertiary alicyclic amines) is 1. The fraction of sp³-hybridized carbons (Fsp3) is 0.458. The second-order valence-electron chi connectivity index (χ2n) is 8.82. The Labute approximate surface area is 186 Å². The van der Waals surface area contributed by atoms with Crippen LogP contribution in [0.2, 0.25) is 0 Å². The summed E-state index contributed by atoms with van der Waals surface area (Å²) in [7, 11) is 0. The molecular formula is C24H28N4O2S. The van der Waals surface area contributed by atoms with Crippen LogP contribution in [0.1, 0.15) is 61.7 Å². The number of hydrogen-bond donors (Lipinski definition) is 2. The second-order valence-corrected chi connectivity index (χ2v) is 9.85. The number of H-pyrrole nitrogens is 1. The van der Waals surface area contributed by atoms with E-state index in [1.807, 2.05) is 35.2 Å². The van der Waals surface area contributed by atoms with E-state index in [0.29, 0.717) is 19.3 Å². The molecule has 6 nitrogen and oxygen atoms in total. The Bertz CT molecular complexity index is 1040. The van der Waals surface area contributed by atoms with Crippen molar-refractivity contribution in [3.8, 4) is 0 Å². The van der Waals surface area contributed by atoms with Gasteiger partial charge in [-0.2, -0.15) is 0 Å². The molecule has 2 aliphatic rings. The summed E-state index contributed by atoms with van der Waals surface area (Å²) in [5.41, 5.74) is 1.65. The summed E-state index contributed by atoms with van der Waals surface area (Å²) in [6, 6.07) is 12.2. The van der Waals surface area contributed by atoms with E-state index in [-0.39, 0.29) is 23.4 Å². The Morgan fingerprint density at radius 2 is 2.13 bits per heavy atom. The summed E-state index contributed by atoms with van der Waals surface area (Å²) in [5, 5.41) is 5.27. The molecule has 2 N–H and O–H groups in total. The van der Waals surface area contributed by atoms with Crippen molar-refractivity contribution in [1.29, 1.82) is 0 Å². The predicted molar refractivity (Wildman–Crippen MR) is 122 cm³/mol. The van der Waals surface area contributed by atoms with Gasteiger partial charge in [0.25, 0.3) is 0 Å². The van der Waals surface area contributed by atoms with Crippen LogP contribution in [0.3, 0.4) is 0 Å². The van der Waals surface area contributed by atoms with E-state index < -0.39 is 0 Å². The van der Waals surface area contributed by atoms with Crippen LogP contribution in [0, 0.1) is 0 Å². The van der Waals surface area contributed by atoms with E-state index in [1.54, 1.807) is 11.3 Å². The number of thiophene rings is 1. The summed E-state index contributed by atoms with van der Waals surface area (Å²) in [4.78, 5) is 36.9. The molecule has 0 radical (unpaired) electrons. The van der Waals surface area contributed by atoms with Gasteiger partial charge in [0.1, 0.15) is 5.82 Å². The molecule has 2 unspecified atom stereocenters. The smallest absolute Gasteiger partial charge is 0.223 e. The summed E-state index contributed by atoms with van der Waals surface area (Å²) in [6.07, 6.45) is 6.33. The SMILES string of the molecule is O=C1CCC(CCC(=O)N2CCCCC2c2nc3ccccc3[nH]2)(Cc2cccs2)N1. The quantitative estimate of drug-likeness (QED) is 0.603. The zero-order chi connectivity index (χ0) is 21.3. The lowest BCUT2D eigenvalue weighted by molar-refractivity contribution is -0.136. The number of fused-ring (bicyclic) bond motifs is 1. The molecule has 2 atom stereocenters. The first-order valence-corrected chi connectivity index (χ1v) is 12.1. The van der Waals surface area contributed by atoms with E-state index in [4.69, 9.17) is 4.98 Å². The van der Waals surface area contributed by atoms with Crippen LogP contribution in [-0.4, -0.2) is 38.8 Å². The van der Waals surface area contributed by atoms with Crippen molar-refractivity contribution in [2.45, 2.75) is 62.9 Å². The highest BCUT2D eigenvalue weighted by Gasteiger charge is 2.39. The summed E-state index contributed by atoms with van der Waals surface area (Å²) < 4.78 is 0. The van der Waals surface area contributed by atoms with Gasteiger partial charge < -0.3 is 15.2 Å². The van der Waals surface area contributed by atoms with Gasteiger partial charge in [0, 0.05) is 36.2 Å². The predicted octanol–water partition coefficient (Wildman–Crippen LogP) is 4.35. The van der Waals surface area contributed by atoms with E-state index >= 15 is 0 Å². The van der Waals surface area contributed by atoms with Gasteiger partial charge in [-0.25, -0.2) is 4.98 Å². The standard InChI is InChI=1S/C24H28N4O2S/c29-21-10-12-24(27-21,16-17-6-5-15-31-17)13-11-22(30)28-14-4-3-9-20(28)23-25-18-7-1-2-8-19(18)26-23/h1-2,5-8,15,20H,3-4,9-14,16H2,(H,25,26)(H,27,29). The molecule has 4 heterocycles. The number of aromatic amines is 1. The average molecular weight is 437 g/mol. The van der Waals surface area contributed by atoms with E-state index in [0.717, 1.165) is 55.5 Å². The number of amides is 2. The van der Waals surface area contributed by atoms with E-state index in [1.165, 1.54) is 4.88 Å². The Hall–Kier alpha value is -2.67. The van der Waals surface area contributed by atoms with Gasteiger partial charge in [-0.15, -0.1) is 11.3 Å². The molecular weight excluding hydrogens is 408 g/mol. The molecule has 0 spiro atoms. The lowest BCUT2D eigenvalue weighted by atomic mass is 9.87. The number of nitrogens with one attached hydrogen (secondary N) is 2. The van der Waals surface area contributed by atoms with E-state index in [2.05, 4.69) is 21.7 Å². The molecule has 31 heavy (non-hydrogen) atoms. The zero-order valence-corrected chi connectivity index (χ0v) is 18.4. The lowest BCUT2D eigenvalue weighted by Crippen LogP contribution is -2.45. The molecule has 2 saturated heterocycles. The van der Waals surface area contributed by atoms with Gasteiger partial charge in [-0.05, 0) is 55.7 Å². The van der Waals surface area contributed by atoms with Crippen LogP contribution in [0.5, 0.6) is 0 Å². The third-order valence-electron chi connectivity index (χ3n) is 6.69. The van der Waals surface area contributed by atoms with Gasteiger partial charge in [0.2, 0.25) is 11.8 Å².